The second-order valence-corrected chi connectivity index (χ2v) is 11.2. The summed E-state index contributed by atoms with van der Waals surface area (Å²) < 4.78 is 12.1. The van der Waals surface area contributed by atoms with Crippen LogP contribution in [0.2, 0.25) is 0 Å². The second kappa shape index (κ2) is 10.4. The minimum absolute atomic E-state index is 0.141. The molecule has 3 aliphatic heterocycles. The van der Waals surface area contributed by atoms with Crippen LogP contribution >= 0.6 is 23.5 Å². The smallest absolute Gasteiger partial charge is 0.349 e. The number of thioether (sulfide) groups is 2. The van der Waals surface area contributed by atoms with Crippen molar-refractivity contribution in [3.8, 4) is 0 Å². The van der Waals surface area contributed by atoms with Crippen molar-refractivity contribution in [2.45, 2.75) is 29.4 Å². The summed E-state index contributed by atoms with van der Waals surface area (Å²) in [5.74, 6) is -3.18. The maximum atomic E-state index is 13.4. The number of rotatable bonds is 5. The molecule has 0 aliphatic carbocycles. The van der Waals surface area contributed by atoms with E-state index in [1.54, 1.807) is 35.7 Å². The number of anilines is 2. The first-order valence-corrected chi connectivity index (χ1v) is 14.4. The van der Waals surface area contributed by atoms with E-state index in [2.05, 4.69) is 47.9 Å². The van der Waals surface area contributed by atoms with Gasteiger partial charge in [0.15, 0.2) is 0 Å². The van der Waals surface area contributed by atoms with Gasteiger partial charge in [-0.3, -0.25) is 0 Å². The molecule has 0 atom stereocenters. The Labute approximate surface area is 236 Å². The van der Waals surface area contributed by atoms with E-state index in [4.69, 9.17) is 9.47 Å². The van der Waals surface area contributed by atoms with E-state index >= 15 is 0 Å². The van der Waals surface area contributed by atoms with E-state index in [9.17, 15) is 9.59 Å². The highest BCUT2D eigenvalue weighted by Crippen LogP contribution is 2.49. The minimum Gasteiger partial charge on any atom is -0.411 e. The van der Waals surface area contributed by atoms with Gasteiger partial charge < -0.3 is 19.3 Å². The molecule has 0 N–H and O–H groups in total. The Morgan fingerprint density at radius 3 is 1.64 bits per heavy atom. The largest absolute Gasteiger partial charge is 0.411 e. The van der Waals surface area contributed by atoms with Crippen LogP contribution in [0.15, 0.2) is 116 Å². The molecule has 0 radical (unpaired) electrons. The molecule has 3 aliphatic rings. The van der Waals surface area contributed by atoms with Crippen molar-refractivity contribution in [1.82, 2.24) is 0 Å². The number of hydrogen-bond donors (Lipinski definition) is 0. The third kappa shape index (κ3) is 4.75. The third-order valence-electron chi connectivity index (χ3n) is 6.61. The lowest BCUT2D eigenvalue weighted by atomic mass is 10.1. The monoisotopic (exact) mass is 554 g/mol. The predicted molar refractivity (Wildman–Crippen MR) is 156 cm³/mol. The quantitative estimate of drug-likeness (QED) is 0.194. The molecule has 0 saturated carbocycles. The Morgan fingerprint density at radius 1 is 0.692 bits per heavy atom. The predicted octanol–water partition coefficient (Wildman–Crippen LogP) is 6.81. The molecule has 3 aromatic carbocycles. The Balaban J connectivity index is 1.44. The Morgan fingerprint density at radius 2 is 1.15 bits per heavy atom. The fraction of sp³-hybridized carbons (Fsp3) is 0.161. The van der Waals surface area contributed by atoms with Crippen LogP contribution < -0.4 is 9.80 Å². The number of nitrogens with zero attached hydrogens (tertiary/aromatic N) is 2. The first-order chi connectivity index (χ1) is 19.0. The Hall–Kier alpha value is -3.88. The van der Waals surface area contributed by atoms with Gasteiger partial charge in [0, 0.05) is 35.0 Å². The summed E-state index contributed by atoms with van der Waals surface area (Å²) in [6.07, 6.45) is 5.01. The number of hydrogen-bond acceptors (Lipinski definition) is 8. The van der Waals surface area contributed by atoms with Gasteiger partial charge in [0.05, 0.1) is 21.4 Å². The normalized spacial score (nSPS) is 22.2. The second-order valence-electron chi connectivity index (χ2n) is 9.06. The fourth-order valence-corrected chi connectivity index (χ4v) is 7.25. The molecule has 3 aromatic rings. The molecule has 8 heteroatoms. The van der Waals surface area contributed by atoms with Gasteiger partial charge in [-0.1, -0.05) is 78.1 Å². The number of benzene rings is 3. The molecule has 0 bridgehead atoms. The Bertz CT molecular complexity index is 1450. The van der Waals surface area contributed by atoms with E-state index in [0.717, 1.165) is 31.2 Å². The van der Waals surface area contributed by atoms with Crippen molar-refractivity contribution in [1.29, 1.82) is 0 Å². The fourth-order valence-electron chi connectivity index (χ4n) is 4.81. The summed E-state index contributed by atoms with van der Waals surface area (Å²) in [6.45, 7) is 5.52. The van der Waals surface area contributed by atoms with Crippen molar-refractivity contribution < 1.29 is 19.1 Å². The van der Waals surface area contributed by atoms with Crippen LogP contribution in [-0.2, 0) is 19.1 Å². The maximum Gasteiger partial charge on any atom is 0.349 e. The summed E-state index contributed by atoms with van der Waals surface area (Å²) in [5, 5.41) is 1.66. The van der Waals surface area contributed by atoms with Crippen molar-refractivity contribution in [3.05, 3.63) is 112 Å². The van der Waals surface area contributed by atoms with Gasteiger partial charge in [-0.15, -0.1) is 0 Å². The summed E-state index contributed by atoms with van der Waals surface area (Å²) in [6, 6.07) is 25.4. The van der Waals surface area contributed by atoms with Gasteiger partial charge in [0.25, 0.3) is 0 Å². The molecule has 39 heavy (non-hydrogen) atoms. The average molecular weight is 555 g/mol. The van der Waals surface area contributed by atoms with Crippen LogP contribution in [0.4, 0.5) is 11.4 Å². The molecule has 6 nitrogen and oxygen atoms in total. The highest BCUT2D eigenvalue weighted by atomic mass is 32.2. The van der Waals surface area contributed by atoms with Crippen LogP contribution in [0.5, 0.6) is 0 Å². The number of esters is 2. The highest BCUT2D eigenvalue weighted by Gasteiger charge is 2.46. The van der Waals surface area contributed by atoms with E-state index in [0.29, 0.717) is 18.7 Å². The van der Waals surface area contributed by atoms with Crippen molar-refractivity contribution in [2.24, 2.45) is 0 Å². The minimum atomic E-state index is -1.72. The summed E-state index contributed by atoms with van der Waals surface area (Å²) in [4.78, 5) is 33.3. The zero-order chi connectivity index (χ0) is 27.0. The van der Waals surface area contributed by atoms with Crippen LogP contribution in [-0.4, -0.2) is 30.8 Å². The van der Waals surface area contributed by atoms with Crippen LogP contribution in [0.1, 0.15) is 19.4 Å². The lowest BCUT2D eigenvalue weighted by molar-refractivity contribution is -0.204. The standard InChI is InChI=1S/C31H26N2O4S2/c1-3-32-23-14-8-10-16-25(23)38-27(32)19-31(20-28-33(4-2)24-15-9-11-17-26(24)39-28)36-29(34)22(30(35)37-31)18-21-12-6-5-7-13-21/h5-20H,3-4H2,1-2H3/b22-18?,27-19-,28-20?. The molecule has 196 valence electrons. The van der Waals surface area contributed by atoms with E-state index in [-0.39, 0.29) is 5.57 Å². The molecule has 1 fully saturated rings. The molecule has 3 heterocycles. The number of cyclic esters (lactones) is 2. The molecule has 6 rings (SSSR count). The Kier molecular flexibility index (Phi) is 6.74. The summed E-state index contributed by atoms with van der Waals surface area (Å²) >= 11 is 3.12. The molecule has 0 aromatic heterocycles. The number of para-hydroxylation sites is 2. The number of carbonyl (C=O) groups excluding carboxylic acids is 2. The molecule has 0 unspecified atom stereocenters. The molecule has 0 spiro atoms. The van der Waals surface area contributed by atoms with E-state index in [1.165, 1.54) is 6.08 Å². The number of ether oxygens (including phenoxy) is 2. The topological polar surface area (TPSA) is 59.1 Å². The number of carbonyl (C=O) groups is 2. The van der Waals surface area contributed by atoms with Crippen molar-refractivity contribution in [2.75, 3.05) is 22.9 Å². The van der Waals surface area contributed by atoms with Gasteiger partial charge in [-0.2, -0.15) is 0 Å². The lowest BCUT2D eigenvalue weighted by Gasteiger charge is -2.34. The lowest BCUT2D eigenvalue weighted by Crippen LogP contribution is -2.45. The molecular formula is C31H26N2O4S2. The summed E-state index contributed by atoms with van der Waals surface area (Å²) in [5.41, 5.74) is 2.70. The van der Waals surface area contributed by atoms with Gasteiger partial charge in [0.1, 0.15) is 5.57 Å². The first kappa shape index (κ1) is 25.4. The van der Waals surface area contributed by atoms with E-state index < -0.39 is 17.7 Å². The van der Waals surface area contributed by atoms with Crippen LogP contribution in [0, 0.1) is 0 Å². The molecule has 1 saturated heterocycles. The summed E-state index contributed by atoms with van der Waals surface area (Å²) in [7, 11) is 0. The van der Waals surface area contributed by atoms with Crippen molar-refractivity contribution in [3.63, 3.8) is 0 Å². The van der Waals surface area contributed by atoms with E-state index in [1.807, 2.05) is 54.6 Å². The maximum absolute atomic E-state index is 13.4. The zero-order valence-electron chi connectivity index (χ0n) is 21.5. The third-order valence-corrected chi connectivity index (χ3v) is 8.83. The van der Waals surface area contributed by atoms with Crippen LogP contribution in [0.25, 0.3) is 6.08 Å². The van der Waals surface area contributed by atoms with Gasteiger partial charge in [-0.05, 0) is 49.8 Å². The number of fused-ring (bicyclic) bond motifs is 2. The van der Waals surface area contributed by atoms with Crippen molar-refractivity contribution >= 4 is 52.9 Å². The first-order valence-electron chi connectivity index (χ1n) is 12.8. The van der Waals surface area contributed by atoms with Gasteiger partial charge in [0.2, 0.25) is 0 Å². The molecule has 0 amide bonds. The molecular weight excluding hydrogens is 528 g/mol. The van der Waals surface area contributed by atoms with Gasteiger partial charge in [-0.25, -0.2) is 9.59 Å². The van der Waals surface area contributed by atoms with Gasteiger partial charge >= 0.3 is 17.7 Å². The highest BCUT2D eigenvalue weighted by molar-refractivity contribution is 8.04. The van der Waals surface area contributed by atoms with Crippen LogP contribution in [0.3, 0.4) is 0 Å². The average Bonchev–Trinajstić information content (AvgIpc) is 3.47. The SMILES string of the molecule is CCN1C(=CC2(/C=C3\Sc4ccccc4N3CC)OC(=O)C(=Cc3ccccc3)C(=O)O2)Sc2ccccc21. The zero-order valence-corrected chi connectivity index (χ0v) is 23.1.